The number of carbonyl (C=O) groups excluding carboxylic acids is 1. The van der Waals surface area contributed by atoms with Gasteiger partial charge in [0, 0.05) is 17.3 Å². The molecule has 162 valence electrons. The van der Waals surface area contributed by atoms with Gasteiger partial charge in [-0.05, 0) is 31.2 Å². The number of nitrogens with one attached hydrogen (secondary N) is 1. The molecule has 5 rings (SSSR count). The van der Waals surface area contributed by atoms with Crippen LogP contribution < -0.4 is 14.8 Å². The van der Waals surface area contributed by atoms with E-state index in [0.29, 0.717) is 34.7 Å². The topological polar surface area (TPSA) is 91.4 Å². The van der Waals surface area contributed by atoms with Gasteiger partial charge in [0.15, 0.2) is 22.5 Å². The lowest BCUT2D eigenvalue weighted by Gasteiger charge is -2.13. The number of aromatic nitrogens is 3. The number of fused-ring (bicyclic) bond motifs is 1. The van der Waals surface area contributed by atoms with E-state index < -0.39 is 5.25 Å². The van der Waals surface area contributed by atoms with E-state index in [1.807, 2.05) is 54.0 Å². The van der Waals surface area contributed by atoms with Crippen molar-refractivity contribution < 1.29 is 18.7 Å². The maximum absolute atomic E-state index is 12.8. The number of anilines is 1. The summed E-state index contributed by atoms with van der Waals surface area (Å²) in [7, 11) is 0. The van der Waals surface area contributed by atoms with Gasteiger partial charge in [-0.15, -0.1) is 10.2 Å². The van der Waals surface area contributed by atoms with Crippen LogP contribution in [0.3, 0.4) is 0 Å². The number of benzene rings is 2. The summed E-state index contributed by atoms with van der Waals surface area (Å²) < 4.78 is 18.2. The average Bonchev–Trinajstić information content (AvgIpc) is 3.56. The molecular formula is C23H20N4O4S. The van der Waals surface area contributed by atoms with Crippen molar-refractivity contribution in [3.8, 4) is 22.9 Å². The number of carbonyl (C=O) groups is 1. The molecule has 32 heavy (non-hydrogen) atoms. The number of amides is 1. The molecule has 1 N–H and O–H groups in total. The lowest BCUT2D eigenvalue weighted by molar-refractivity contribution is -0.115. The highest BCUT2D eigenvalue weighted by Gasteiger charge is 2.22. The Hall–Kier alpha value is -3.72. The Balaban J connectivity index is 1.35. The smallest absolute Gasteiger partial charge is 0.237 e. The number of hydrogen-bond acceptors (Lipinski definition) is 7. The third-order valence-corrected chi connectivity index (χ3v) is 6.01. The maximum atomic E-state index is 12.8. The Kier molecular flexibility index (Phi) is 5.55. The second-order valence-corrected chi connectivity index (χ2v) is 8.46. The molecule has 2 aromatic carbocycles. The van der Waals surface area contributed by atoms with Crippen LogP contribution in [0, 0.1) is 0 Å². The van der Waals surface area contributed by atoms with Gasteiger partial charge in [0.05, 0.1) is 18.1 Å². The predicted octanol–water partition coefficient (Wildman–Crippen LogP) is 4.43. The summed E-state index contributed by atoms with van der Waals surface area (Å²) in [6.07, 6.45) is 1.64. The van der Waals surface area contributed by atoms with Crippen molar-refractivity contribution in [2.45, 2.75) is 23.9 Å². The molecule has 8 nitrogen and oxygen atoms in total. The van der Waals surface area contributed by atoms with Crippen LogP contribution in [-0.4, -0.2) is 32.7 Å². The largest absolute Gasteiger partial charge is 0.467 e. The van der Waals surface area contributed by atoms with Gasteiger partial charge in [-0.1, -0.05) is 42.1 Å². The monoisotopic (exact) mass is 448 g/mol. The van der Waals surface area contributed by atoms with Crippen LogP contribution in [0.4, 0.5) is 5.69 Å². The molecule has 1 aliphatic rings. The van der Waals surface area contributed by atoms with Crippen molar-refractivity contribution in [3.63, 3.8) is 0 Å². The van der Waals surface area contributed by atoms with Gasteiger partial charge in [-0.3, -0.25) is 9.36 Å². The number of rotatable bonds is 7. The molecule has 1 amide bonds. The summed E-state index contributed by atoms with van der Waals surface area (Å²) in [6, 6.07) is 18.9. The third kappa shape index (κ3) is 4.19. The molecule has 0 bridgehead atoms. The second kappa shape index (κ2) is 8.80. The summed E-state index contributed by atoms with van der Waals surface area (Å²) in [5.74, 6) is 2.63. The number of hydrogen-bond donors (Lipinski definition) is 1. The van der Waals surface area contributed by atoms with Crippen molar-refractivity contribution >= 4 is 23.4 Å². The summed E-state index contributed by atoms with van der Waals surface area (Å²) in [5, 5.41) is 11.9. The van der Waals surface area contributed by atoms with Gasteiger partial charge in [0.25, 0.3) is 0 Å². The zero-order valence-corrected chi connectivity index (χ0v) is 18.0. The van der Waals surface area contributed by atoms with Crippen LogP contribution in [0.15, 0.2) is 76.5 Å². The SMILES string of the molecule is CC(Sc1nnc(-c2ccccc2)n1Cc1ccco1)C(=O)Nc1ccc2c(c1)OCO2. The van der Waals surface area contributed by atoms with E-state index in [1.54, 1.807) is 24.5 Å². The predicted molar refractivity (Wildman–Crippen MR) is 120 cm³/mol. The fourth-order valence-corrected chi connectivity index (χ4v) is 4.16. The number of ether oxygens (including phenoxy) is 2. The Labute approximate surface area is 188 Å². The van der Waals surface area contributed by atoms with E-state index >= 15 is 0 Å². The fraction of sp³-hybridized carbons (Fsp3) is 0.174. The zero-order valence-electron chi connectivity index (χ0n) is 17.2. The minimum atomic E-state index is -0.413. The fourth-order valence-electron chi connectivity index (χ4n) is 3.31. The van der Waals surface area contributed by atoms with Crippen molar-refractivity contribution in [2.75, 3.05) is 12.1 Å². The number of nitrogens with zero attached hydrogens (tertiary/aromatic N) is 3. The highest BCUT2D eigenvalue weighted by Crippen LogP contribution is 2.35. The van der Waals surface area contributed by atoms with Gasteiger partial charge < -0.3 is 19.2 Å². The Morgan fingerprint density at radius 2 is 1.94 bits per heavy atom. The molecule has 3 heterocycles. The molecule has 1 aliphatic heterocycles. The standard InChI is InChI=1S/C23H20N4O4S/c1-15(22(28)24-17-9-10-19-20(12-17)31-14-30-19)32-23-26-25-21(16-6-3-2-4-7-16)27(23)13-18-8-5-11-29-18/h2-12,15H,13-14H2,1H3,(H,24,28). The van der Waals surface area contributed by atoms with Crippen LogP contribution in [-0.2, 0) is 11.3 Å². The molecule has 1 atom stereocenters. The summed E-state index contributed by atoms with van der Waals surface area (Å²) in [6.45, 7) is 2.48. The van der Waals surface area contributed by atoms with Crippen molar-refractivity contribution in [3.05, 3.63) is 72.7 Å². The molecule has 1 unspecified atom stereocenters. The Morgan fingerprint density at radius 3 is 2.75 bits per heavy atom. The summed E-state index contributed by atoms with van der Waals surface area (Å²) >= 11 is 1.34. The van der Waals surface area contributed by atoms with Gasteiger partial charge in [0.2, 0.25) is 12.7 Å². The van der Waals surface area contributed by atoms with Crippen molar-refractivity contribution in [1.82, 2.24) is 14.8 Å². The van der Waals surface area contributed by atoms with Crippen molar-refractivity contribution in [2.24, 2.45) is 0 Å². The molecule has 0 aliphatic carbocycles. The minimum absolute atomic E-state index is 0.150. The van der Waals surface area contributed by atoms with Gasteiger partial charge in [-0.25, -0.2) is 0 Å². The van der Waals surface area contributed by atoms with Crippen molar-refractivity contribution in [1.29, 1.82) is 0 Å². The number of thioether (sulfide) groups is 1. The first kappa shape index (κ1) is 20.2. The highest BCUT2D eigenvalue weighted by atomic mass is 32.2. The number of furan rings is 1. The quantitative estimate of drug-likeness (QED) is 0.418. The van der Waals surface area contributed by atoms with Gasteiger partial charge in [-0.2, -0.15) is 0 Å². The first-order chi connectivity index (χ1) is 15.7. The second-order valence-electron chi connectivity index (χ2n) is 7.16. The van der Waals surface area contributed by atoms with Crippen LogP contribution in [0.25, 0.3) is 11.4 Å². The molecule has 2 aromatic heterocycles. The van der Waals surface area contributed by atoms with E-state index in [1.165, 1.54) is 11.8 Å². The Bertz CT molecular complexity index is 1220. The van der Waals surface area contributed by atoms with Crippen LogP contribution in [0.1, 0.15) is 12.7 Å². The average molecular weight is 449 g/mol. The van der Waals surface area contributed by atoms with Gasteiger partial charge in [0.1, 0.15) is 5.76 Å². The summed E-state index contributed by atoms with van der Waals surface area (Å²) in [5.41, 5.74) is 1.59. The summed E-state index contributed by atoms with van der Waals surface area (Å²) in [4.78, 5) is 12.8. The molecule has 9 heteroatoms. The normalized spacial score (nSPS) is 13.2. The van der Waals surface area contributed by atoms with E-state index in [2.05, 4.69) is 15.5 Å². The zero-order chi connectivity index (χ0) is 21.9. The molecule has 0 spiro atoms. The lowest BCUT2D eigenvalue weighted by Crippen LogP contribution is -2.23. The van der Waals surface area contributed by atoms with E-state index in [4.69, 9.17) is 13.9 Å². The molecule has 0 saturated heterocycles. The molecule has 4 aromatic rings. The van der Waals surface area contributed by atoms with Gasteiger partial charge >= 0.3 is 0 Å². The van der Waals surface area contributed by atoms with Crippen LogP contribution >= 0.6 is 11.8 Å². The molecule has 0 radical (unpaired) electrons. The highest BCUT2D eigenvalue weighted by molar-refractivity contribution is 8.00. The molecular weight excluding hydrogens is 428 g/mol. The lowest BCUT2D eigenvalue weighted by atomic mass is 10.2. The minimum Gasteiger partial charge on any atom is -0.467 e. The first-order valence-electron chi connectivity index (χ1n) is 10.1. The van der Waals surface area contributed by atoms with Crippen LogP contribution in [0.2, 0.25) is 0 Å². The third-order valence-electron chi connectivity index (χ3n) is 4.93. The molecule has 0 fully saturated rings. The molecule has 0 saturated carbocycles. The van der Waals surface area contributed by atoms with E-state index in [0.717, 1.165) is 11.3 Å². The van der Waals surface area contributed by atoms with E-state index in [-0.39, 0.29) is 12.7 Å². The van der Waals surface area contributed by atoms with E-state index in [9.17, 15) is 4.79 Å². The van der Waals surface area contributed by atoms with Crippen LogP contribution in [0.5, 0.6) is 11.5 Å². The Morgan fingerprint density at radius 1 is 1.09 bits per heavy atom. The first-order valence-corrected chi connectivity index (χ1v) is 10.9. The maximum Gasteiger partial charge on any atom is 0.237 e.